The Morgan fingerprint density at radius 3 is 2.87 bits per heavy atom. The molecule has 0 atom stereocenters. The highest BCUT2D eigenvalue weighted by molar-refractivity contribution is 5.97. The molecular formula is C16H19N3O4. The lowest BCUT2D eigenvalue weighted by Crippen LogP contribution is -2.32. The summed E-state index contributed by atoms with van der Waals surface area (Å²) in [6.07, 6.45) is 1.27. The summed E-state index contributed by atoms with van der Waals surface area (Å²) in [7, 11) is 0. The van der Waals surface area contributed by atoms with Gasteiger partial charge < -0.3 is 24.5 Å². The van der Waals surface area contributed by atoms with Crippen LogP contribution >= 0.6 is 0 Å². The second-order valence-corrected chi connectivity index (χ2v) is 5.00. The number of amides is 1. The Labute approximate surface area is 134 Å². The molecule has 122 valence electrons. The summed E-state index contributed by atoms with van der Waals surface area (Å²) in [5, 5.41) is 5.95. The highest BCUT2D eigenvalue weighted by Gasteiger charge is 2.20. The van der Waals surface area contributed by atoms with E-state index in [4.69, 9.17) is 13.9 Å². The topological polar surface area (TPSA) is 85.6 Å². The van der Waals surface area contributed by atoms with E-state index in [-0.39, 0.29) is 11.6 Å². The van der Waals surface area contributed by atoms with Crippen LogP contribution in [0.1, 0.15) is 17.4 Å². The van der Waals surface area contributed by atoms with Crippen molar-refractivity contribution in [1.29, 1.82) is 0 Å². The number of ether oxygens (including phenoxy) is 2. The van der Waals surface area contributed by atoms with Crippen LogP contribution in [0.3, 0.4) is 0 Å². The lowest BCUT2D eigenvalue weighted by Gasteiger charge is -2.18. The first-order valence-electron chi connectivity index (χ1n) is 7.62. The van der Waals surface area contributed by atoms with Crippen molar-refractivity contribution in [1.82, 2.24) is 15.6 Å². The first kappa shape index (κ1) is 15.4. The number of rotatable bonds is 6. The van der Waals surface area contributed by atoms with Crippen molar-refractivity contribution >= 4 is 5.91 Å². The van der Waals surface area contributed by atoms with Crippen LogP contribution in [0, 0.1) is 0 Å². The first-order chi connectivity index (χ1) is 11.3. The highest BCUT2D eigenvalue weighted by Crippen LogP contribution is 2.35. The van der Waals surface area contributed by atoms with E-state index in [1.54, 1.807) is 12.1 Å². The predicted octanol–water partition coefficient (Wildman–Crippen LogP) is 1.45. The second kappa shape index (κ2) is 7.15. The molecule has 7 heteroatoms. The number of hydrogen-bond acceptors (Lipinski definition) is 6. The Balaban J connectivity index is 1.76. The number of benzene rings is 1. The maximum Gasteiger partial charge on any atom is 0.273 e. The molecule has 0 radical (unpaired) electrons. The van der Waals surface area contributed by atoms with E-state index in [0.29, 0.717) is 43.6 Å². The number of likely N-dealkylation sites (N-methyl/N-ethyl adjacent to an activating group) is 1. The molecule has 1 aliphatic heterocycles. The fraction of sp³-hybridized carbons (Fsp3) is 0.375. The molecule has 0 fully saturated rings. The van der Waals surface area contributed by atoms with Crippen LogP contribution in [0.2, 0.25) is 0 Å². The van der Waals surface area contributed by atoms with Crippen molar-refractivity contribution in [3.63, 3.8) is 0 Å². The van der Waals surface area contributed by atoms with Crippen molar-refractivity contribution in [2.24, 2.45) is 0 Å². The molecule has 2 N–H and O–H groups in total. The van der Waals surface area contributed by atoms with Crippen molar-refractivity contribution in [3.05, 3.63) is 30.3 Å². The quantitative estimate of drug-likeness (QED) is 0.784. The normalized spacial score (nSPS) is 12.9. The number of nitrogens with one attached hydrogen (secondary N) is 2. The predicted molar refractivity (Wildman–Crippen MR) is 83.8 cm³/mol. The summed E-state index contributed by atoms with van der Waals surface area (Å²) in [5.74, 6) is 1.49. The van der Waals surface area contributed by atoms with E-state index in [0.717, 1.165) is 12.1 Å². The van der Waals surface area contributed by atoms with Gasteiger partial charge in [-0.3, -0.25) is 4.79 Å². The van der Waals surface area contributed by atoms with Crippen molar-refractivity contribution in [3.8, 4) is 22.8 Å². The van der Waals surface area contributed by atoms with Crippen LogP contribution in [0.15, 0.2) is 29.0 Å². The Morgan fingerprint density at radius 1 is 1.22 bits per heavy atom. The molecule has 23 heavy (non-hydrogen) atoms. The van der Waals surface area contributed by atoms with Gasteiger partial charge in [-0.05, 0) is 24.7 Å². The Morgan fingerprint density at radius 2 is 2.04 bits per heavy atom. The average molecular weight is 317 g/mol. The molecule has 0 spiro atoms. The summed E-state index contributed by atoms with van der Waals surface area (Å²) in [4.78, 5) is 16.3. The van der Waals surface area contributed by atoms with Crippen molar-refractivity contribution < 1.29 is 18.7 Å². The Kier molecular flexibility index (Phi) is 4.77. The summed E-state index contributed by atoms with van der Waals surface area (Å²) in [6, 6.07) is 5.42. The number of carbonyl (C=O) groups is 1. The molecule has 0 bridgehead atoms. The van der Waals surface area contributed by atoms with Crippen LogP contribution in [0.25, 0.3) is 11.3 Å². The average Bonchev–Trinajstić information content (AvgIpc) is 3.08. The van der Waals surface area contributed by atoms with Gasteiger partial charge >= 0.3 is 0 Å². The smallest absolute Gasteiger partial charge is 0.273 e. The van der Waals surface area contributed by atoms with E-state index >= 15 is 0 Å². The summed E-state index contributed by atoms with van der Waals surface area (Å²) < 4.78 is 16.5. The van der Waals surface area contributed by atoms with Gasteiger partial charge in [-0.2, -0.15) is 0 Å². The summed E-state index contributed by atoms with van der Waals surface area (Å²) in [6.45, 7) is 5.15. The molecule has 0 unspecified atom stereocenters. The van der Waals surface area contributed by atoms with Gasteiger partial charge in [-0.15, -0.1) is 0 Å². The molecule has 0 aliphatic carbocycles. The number of oxazole rings is 1. The number of hydrogen-bond donors (Lipinski definition) is 2. The Bertz CT molecular complexity index is 684. The number of aromatic nitrogens is 1. The van der Waals surface area contributed by atoms with E-state index in [2.05, 4.69) is 15.6 Å². The summed E-state index contributed by atoms with van der Waals surface area (Å²) in [5.41, 5.74) is 0.988. The van der Waals surface area contributed by atoms with E-state index < -0.39 is 0 Å². The lowest BCUT2D eigenvalue weighted by atomic mass is 10.1. The molecule has 1 aromatic carbocycles. The zero-order chi connectivity index (χ0) is 16.1. The standard InChI is InChI=1S/C16H19N3O4/c1-2-17-5-6-18-16(20)14-15(23-10-19-14)11-3-4-12-13(9-11)22-8-7-21-12/h3-4,9-10,17H,2,5-8H2,1H3,(H,18,20). The number of carbonyl (C=O) groups excluding carboxylic acids is 1. The maximum absolute atomic E-state index is 12.2. The molecule has 7 nitrogen and oxygen atoms in total. The van der Waals surface area contributed by atoms with Gasteiger partial charge in [0.1, 0.15) is 13.2 Å². The molecule has 3 rings (SSSR count). The number of fused-ring (bicyclic) bond motifs is 1. The molecule has 0 saturated carbocycles. The molecule has 1 amide bonds. The van der Waals surface area contributed by atoms with Crippen LogP contribution in [0.5, 0.6) is 11.5 Å². The van der Waals surface area contributed by atoms with E-state index in [1.165, 1.54) is 6.39 Å². The van der Waals surface area contributed by atoms with Crippen LogP contribution in [-0.2, 0) is 0 Å². The van der Waals surface area contributed by atoms with Gasteiger partial charge in [-0.25, -0.2) is 4.98 Å². The number of nitrogens with zero attached hydrogens (tertiary/aromatic N) is 1. The molecule has 1 aliphatic rings. The van der Waals surface area contributed by atoms with Crippen LogP contribution < -0.4 is 20.1 Å². The SMILES string of the molecule is CCNCCNC(=O)c1ncoc1-c1ccc2c(c1)OCCO2. The second-order valence-electron chi connectivity index (χ2n) is 5.00. The fourth-order valence-corrected chi connectivity index (χ4v) is 2.32. The Hall–Kier alpha value is -2.54. The van der Waals surface area contributed by atoms with Crippen LogP contribution in [-0.4, -0.2) is 43.7 Å². The monoisotopic (exact) mass is 317 g/mol. The minimum absolute atomic E-state index is 0.262. The largest absolute Gasteiger partial charge is 0.486 e. The van der Waals surface area contributed by atoms with Gasteiger partial charge in [0.2, 0.25) is 0 Å². The molecule has 1 aromatic heterocycles. The third-order valence-electron chi connectivity index (χ3n) is 3.42. The van der Waals surface area contributed by atoms with Crippen molar-refractivity contribution in [2.75, 3.05) is 32.8 Å². The van der Waals surface area contributed by atoms with E-state index in [9.17, 15) is 4.79 Å². The van der Waals surface area contributed by atoms with Gasteiger partial charge in [0.25, 0.3) is 5.91 Å². The zero-order valence-corrected chi connectivity index (χ0v) is 12.9. The lowest BCUT2D eigenvalue weighted by molar-refractivity contribution is 0.0950. The fourth-order valence-electron chi connectivity index (χ4n) is 2.32. The van der Waals surface area contributed by atoms with Gasteiger partial charge in [-0.1, -0.05) is 6.92 Å². The van der Waals surface area contributed by atoms with Gasteiger partial charge in [0, 0.05) is 18.7 Å². The third-order valence-corrected chi connectivity index (χ3v) is 3.42. The van der Waals surface area contributed by atoms with Gasteiger partial charge in [0.15, 0.2) is 29.3 Å². The van der Waals surface area contributed by atoms with Crippen molar-refractivity contribution in [2.45, 2.75) is 6.92 Å². The highest BCUT2D eigenvalue weighted by atomic mass is 16.6. The first-order valence-corrected chi connectivity index (χ1v) is 7.62. The molecule has 2 heterocycles. The minimum Gasteiger partial charge on any atom is -0.486 e. The molecule has 2 aromatic rings. The maximum atomic E-state index is 12.2. The third kappa shape index (κ3) is 3.45. The summed E-state index contributed by atoms with van der Waals surface area (Å²) >= 11 is 0. The minimum atomic E-state index is -0.262. The zero-order valence-electron chi connectivity index (χ0n) is 12.9. The molecule has 0 saturated heterocycles. The molecular weight excluding hydrogens is 298 g/mol. The van der Waals surface area contributed by atoms with Crippen LogP contribution in [0.4, 0.5) is 0 Å². The van der Waals surface area contributed by atoms with Gasteiger partial charge in [0.05, 0.1) is 0 Å². The van der Waals surface area contributed by atoms with E-state index in [1.807, 2.05) is 13.0 Å².